The van der Waals surface area contributed by atoms with Crippen LogP contribution in [0.1, 0.15) is 75.5 Å². The van der Waals surface area contributed by atoms with E-state index in [1.165, 1.54) is 0 Å². The van der Waals surface area contributed by atoms with Crippen molar-refractivity contribution in [2.45, 2.75) is 77.7 Å². The van der Waals surface area contributed by atoms with Gasteiger partial charge in [0.25, 0.3) is 0 Å². The van der Waals surface area contributed by atoms with E-state index in [-0.39, 0.29) is 17.8 Å². The summed E-state index contributed by atoms with van der Waals surface area (Å²) in [7, 11) is 0. The lowest BCUT2D eigenvalue weighted by Crippen LogP contribution is -2.27. The van der Waals surface area contributed by atoms with E-state index >= 15 is 0 Å². The first-order chi connectivity index (χ1) is 15.5. The molecule has 1 atom stereocenters. The zero-order valence-corrected chi connectivity index (χ0v) is 22.2. The fraction of sp³-hybridized carbons (Fsp3) is 0.481. The van der Waals surface area contributed by atoms with Crippen molar-refractivity contribution in [3.8, 4) is 0 Å². The fourth-order valence-electron chi connectivity index (χ4n) is 4.56. The summed E-state index contributed by atoms with van der Waals surface area (Å²) in [6.45, 7) is 7.59. The van der Waals surface area contributed by atoms with Crippen LogP contribution < -0.4 is 5.32 Å². The molecule has 33 heavy (non-hydrogen) atoms. The Morgan fingerprint density at radius 3 is 2.52 bits per heavy atom. The molecule has 0 radical (unpaired) electrons. The summed E-state index contributed by atoms with van der Waals surface area (Å²) >= 11 is 9.81. The molecule has 1 unspecified atom stereocenters. The Balaban J connectivity index is 1.77. The second kappa shape index (κ2) is 11.1. The Labute approximate surface area is 210 Å². The molecule has 0 spiro atoms. The van der Waals surface area contributed by atoms with Gasteiger partial charge in [0.1, 0.15) is 5.60 Å². The van der Waals surface area contributed by atoms with Gasteiger partial charge in [-0.1, -0.05) is 42.6 Å². The van der Waals surface area contributed by atoms with Gasteiger partial charge in [0.05, 0.1) is 10.9 Å². The second-order valence-electron chi connectivity index (χ2n) is 9.86. The first kappa shape index (κ1) is 25.8. The van der Waals surface area contributed by atoms with Gasteiger partial charge in [-0.15, -0.1) is 0 Å². The first-order valence-electron chi connectivity index (χ1n) is 11.6. The molecule has 1 N–H and O–H groups in total. The molecule has 0 bridgehead atoms. The van der Waals surface area contributed by atoms with Crippen LogP contribution in [-0.2, 0) is 20.7 Å². The largest absolute Gasteiger partial charge is 0.460 e. The van der Waals surface area contributed by atoms with Gasteiger partial charge in [0.15, 0.2) is 0 Å². The maximum absolute atomic E-state index is 13.5. The number of hydrogen-bond acceptors (Lipinski definition) is 3. The highest BCUT2D eigenvalue weighted by atomic mass is 79.9. The third-order valence-electron chi connectivity index (χ3n) is 6.18. The van der Waals surface area contributed by atoms with E-state index in [2.05, 4.69) is 21.2 Å². The number of hydrogen-bond donors (Lipinski definition) is 1. The lowest BCUT2D eigenvalue weighted by atomic mass is 9.84. The van der Waals surface area contributed by atoms with Crippen LogP contribution in [0.4, 0.5) is 5.69 Å². The van der Waals surface area contributed by atoms with Gasteiger partial charge in [-0.2, -0.15) is 0 Å². The maximum atomic E-state index is 13.5. The summed E-state index contributed by atoms with van der Waals surface area (Å²) in [5.41, 5.74) is 3.25. The molecule has 2 aromatic carbocycles. The molecule has 0 heterocycles. The Bertz CT molecular complexity index is 1010. The van der Waals surface area contributed by atoms with Crippen molar-refractivity contribution in [3.63, 3.8) is 0 Å². The lowest BCUT2D eigenvalue weighted by Gasteiger charge is -2.24. The Morgan fingerprint density at radius 1 is 1.18 bits per heavy atom. The van der Waals surface area contributed by atoms with Gasteiger partial charge in [-0.3, -0.25) is 9.59 Å². The zero-order valence-electron chi connectivity index (χ0n) is 19.8. The third-order valence-corrected chi connectivity index (χ3v) is 7.41. The molecule has 1 saturated carbocycles. The predicted octanol–water partition coefficient (Wildman–Crippen LogP) is 7.60. The number of nitrogens with one attached hydrogen (secondary N) is 1. The Morgan fingerprint density at radius 2 is 1.88 bits per heavy atom. The summed E-state index contributed by atoms with van der Waals surface area (Å²) in [6, 6.07) is 11.6. The normalized spacial score (nSPS) is 15.3. The number of halogens is 2. The van der Waals surface area contributed by atoms with E-state index < -0.39 is 5.60 Å². The average Bonchev–Trinajstić information content (AvgIpc) is 3.24. The highest BCUT2D eigenvalue weighted by Gasteiger charge is 2.32. The predicted molar refractivity (Wildman–Crippen MR) is 138 cm³/mol. The third kappa shape index (κ3) is 7.07. The molecule has 1 amide bonds. The van der Waals surface area contributed by atoms with Crippen LogP contribution in [0, 0.1) is 12.8 Å². The van der Waals surface area contributed by atoms with Crippen LogP contribution in [-0.4, -0.2) is 17.5 Å². The summed E-state index contributed by atoms with van der Waals surface area (Å²) < 4.78 is 6.25. The quantitative estimate of drug-likeness (QED) is 0.372. The zero-order chi connectivity index (χ0) is 24.2. The molecule has 1 fully saturated rings. The van der Waals surface area contributed by atoms with Gasteiger partial charge >= 0.3 is 5.97 Å². The summed E-state index contributed by atoms with van der Waals surface area (Å²) in [4.78, 5) is 25.7. The van der Waals surface area contributed by atoms with Gasteiger partial charge in [0, 0.05) is 16.6 Å². The van der Waals surface area contributed by atoms with Crippen molar-refractivity contribution < 1.29 is 14.3 Å². The van der Waals surface area contributed by atoms with Crippen molar-refractivity contribution in [2.75, 3.05) is 5.32 Å². The summed E-state index contributed by atoms with van der Waals surface area (Å²) in [5, 5.41) is 3.79. The van der Waals surface area contributed by atoms with Gasteiger partial charge in [0.2, 0.25) is 5.91 Å². The standard InChI is InChI=1S/C27H33BrClNO3/c1-17-18(13-15-24(31)33-27(2,3)4)10-7-11-23(17)30-26(32)25(19-8-5-6-9-19)20-12-14-21(28)22(29)16-20/h7,10-12,14,16,19,25H,5-6,8-9,13,15H2,1-4H3,(H,30,32). The summed E-state index contributed by atoms with van der Waals surface area (Å²) in [6.07, 6.45) is 5.26. The number of ether oxygens (including phenoxy) is 1. The van der Waals surface area contributed by atoms with Crippen molar-refractivity contribution in [1.29, 1.82) is 0 Å². The molecule has 0 saturated heterocycles. The van der Waals surface area contributed by atoms with E-state index in [4.69, 9.17) is 16.3 Å². The Hall–Kier alpha value is -1.85. The van der Waals surface area contributed by atoms with Gasteiger partial charge < -0.3 is 10.1 Å². The molecule has 3 rings (SSSR count). The smallest absolute Gasteiger partial charge is 0.306 e. The molecule has 4 nitrogen and oxygen atoms in total. The minimum atomic E-state index is -0.493. The molecular formula is C27H33BrClNO3. The molecule has 0 aliphatic heterocycles. The van der Waals surface area contributed by atoms with Crippen LogP contribution in [0.2, 0.25) is 5.02 Å². The van der Waals surface area contributed by atoms with E-state index in [9.17, 15) is 9.59 Å². The van der Waals surface area contributed by atoms with Gasteiger partial charge in [-0.25, -0.2) is 0 Å². The second-order valence-corrected chi connectivity index (χ2v) is 11.1. The number of amides is 1. The van der Waals surface area contributed by atoms with E-state index in [0.29, 0.717) is 23.8 Å². The number of aryl methyl sites for hydroxylation is 1. The van der Waals surface area contributed by atoms with E-state index in [1.54, 1.807) is 0 Å². The van der Waals surface area contributed by atoms with E-state index in [0.717, 1.165) is 52.5 Å². The molecule has 1 aliphatic carbocycles. The maximum Gasteiger partial charge on any atom is 0.306 e. The number of rotatable bonds is 7. The lowest BCUT2D eigenvalue weighted by molar-refractivity contribution is -0.154. The van der Waals surface area contributed by atoms with Crippen LogP contribution in [0.5, 0.6) is 0 Å². The minimum Gasteiger partial charge on any atom is -0.460 e. The first-order valence-corrected chi connectivity index (χ1v) is 12.8. The minimum absolute atomic E-state index is 0.00678. The average molecular weight is 535 g/mol. The van der Waals surface area contributed by atoms with Crippen LogP contribution in [0.15, 0.2) is 40.9 Å². The van der Waals surface area contributed by atoms with Crippen molar-refractivity contribution in [3.05, 3.63) is 62.6 Å². The number of esters is 1. The molecule has 178 valence electrons. The van der Waals surface area contributed by atoms with Crippen LogP contribution in [0.25, 0.3) is 0 Å². The molecule has 1 aliphatic rings. The monoisotopic (exact) mass is 533 g/mol. The SMILES string of the molecule is Cc1c(CCC(=O)OC(C)(C)C)cccc1NC(=O)C(c1ccc(Br)c(Cl)c1)C1CCCC1. The topological polar surface area (TPSA) is 55.4 Å². The van der Waals surface area contributed by atoms with E-state index in [1.807, 2.05) is 64.1 Å². The number of benzene rings is 2. The Kier molecular flexibility index (Phi) is 8.63. The van der Waals surface area contributed by atoms with Crippen LogP contribution >= 0.6 is 27.5 Å². The highest BCUT2D eigenvalue weighted by Crippen LogP contribution is 2.40. The number of anilines is 1. The molecule has 0 aromatic heterocycles. The summed E-state index contributed by atoms with van der Waals surface area (Å²) in [5.74, 6) is -0.168. The fourth-order valence-corrected chi connectivity index (χ4v) is 5.00. The van der Waals surface area contributed by atoms with Crippen molar-refractivity contribution in [2.24, 2.45) is 5.92 Å². The van der Waals surface area contributed by atoms with Crippen molar-refractivity contribution in [1.82, 2.24) is 0 Å². The molecule has 2 aromatic rings. The van der Waals surface area contributed by atoms with Crippen LogP contribution in [0.3, 0.4) is 0 Å². The number of carbonyl (C=O) groups is 2. The van der Waals surface area contributed by atoms with Crippen molar-refractivity contribution >= 4 is 45.1 Å². The van der Waals surface area contributed by atoms with Gasteiger partial charge in [-0.05, 0) is 104 Å². The highest BCUT2D eigenvalue weighted by molar-refractivity contribution is 9.10. The molecule has 6 heteroatoms. The number of carbonyl (C=O) groups excluding carboxylic acids is 2. The molecular weight excluding hydrogens is 502 g/mol.